The van der Waals surface area contributed by atoms with Crippen LogP contribution in [-0.2, 0) is 26.2 Å². The molecule has 0 heterocycles. The Morgan fingerprint density at radius 2 is 1.65 bits per heavy atom. The minimum absolute atomic E-state index is 0.0294. The summed E-state index contributed by atoms with van der Waals surface area (Å²) in [4.78, 5) is 30.0. The Morgan fingerprint density at radius 1 is 0.977 bits per heavy atom. The number of para-hydroxylation sites is 2. The molecule has 11 heteroatoms. The molecule has 1 atom stereocenters. The molecule has 0 spiro atoms. The van der Waals surface area contributed by atoms with Crippen LogP contribution in [-0.4, -0.2) is 57.1 Å². The number of benzene rings is 3. The van der Waals surface area contributed by atoms with Crippen LogP contribution in [0.3, 0.4) is 0 Å². The Kier molecular flexibility index (Phi) is 13.2. The minimum atomic E-state index is -4.23. The first-order valence-electron chi connectivity index (χ1n) is 14.4. The van der Waals surface area contributed by atoms with Crippen LogP contribution in [0.2, 0.25) is 5.02 Å². The lowest BCUT2D eigenvalue weighted by Crippen LogP contribution is -2.52. The number of hydrogen-bond donors (Lipinski definition) is 1. The number of sulfonamides is 1. The number of carbonyl (C=O) groups is 2. The van der Waals surface area contributed by atoms with E-state index in [-0.39, 0.29) is 23.0 Å². The lowest BCUT2D eigenvalue weighted by Gasteiger charge is -2.33. The predicted molar refractivity (Wildman–Crippen MR) is 174 cm³/mol. The molecule has 232 valence electrons. The third kappa shape index (κ3) is 8.90. The number of ether oxygens (including phenoxy) is 1. The highest BCUT2D eigenvalue weighted by Gasteiger charge is 2.35. The van der Waals surface area contributed by atoms with Crippen LogP contribution >= 0.6 is 23.4 Å². The summed E-state index contributed by atoms with van der Waals surface area (Å²) < 4.78 is 35.2. The van der Waals surface area contributed by atoms with Crippen molar-refractivity contribution in [2.75, 3.05) is 30.3 Å². The standard InChI is InChI=1S/C32H40ClN3O5S2/c1-5-8-21-34-32(38)28(6-2)35(22-24-13-9-10-14-27(24)33)31(37)23-36(29-15-11-12-16-30(29)41-7-3)43(39,40)26-19-17-25(42-4)18-20-26/h9-20,28H,5-8,21-23H2,1-4H3,(H,34,38). The monoisotopic (exact) mass is 645 g/mol. The zero-order valence-electron chi connectivity index (χ0n) is 25.1. The van der Waals surface area contributed by atoms with E-state index in [1.807, 2.05) is 20.1 Å². The summed E-state index contributed by atoms with van der Waals surface area (Å²) in [5.74, 6) is -0.523. The van der Waals surface area contributed by atoms with E-state index in [9.17, 15) is 18.0 Å². The number of nitrogens with zero attached hydrogens (tertiary/aromatic N) is 2. The van der Waals surface area contributed by atoms with E-state index < -0.39 is 28.5 Å². The lowest BCUT2D eigenvalue weighted by atomic mass is 10.1. The molecule has 1 unspecified atom stereocenters. The molecule has 0 aliphatic rings. The fourth-order valence-corrected chi connectivity index (χ4v) is 6.59. The third-order valence-corrected chi connectivity index (χ3v) is 9.76. The van der Waals surface area contributed by atoms with Crippen LogP contribution in [0.1, 0.15) is 45.6 Å². The first-order chi connectivity index (χ1) is 20.7. The molecule has 0 radical (unpaired) electrons. The Hall–Kier alpha value is -3.21. The predicted octanol–water partition coefficient (Wildman–Crippen LogP) is 6.38. The summed E-state index contributed by atoms with van der Waals surface area (Å²) >= 11 is 7.97. The molecule has 3 rings (SSSR count). The van der Waals surface area contributed by atoms with Gasteiger partial charge in [-0.25, -0.2) is 8.42 Å². The second-order valence-electron chi connectivity index (χ2n) is 9.77. The van der Waals surface area contributed by atoms with Gasteiger partial charge in [0, 0.05) is 23.0 Å². The number of unbranched alkanes of at least 4 members (excludes halogenated alkanes) is 1. The first kappa shape index (κ1) is 34.3. The second-order valence-corrected chi connectivity index (χ2v) is 12.9. The van der Waals surface area contributed by atoms with E-state index in [1.165, 1.54) is 28.8 Å². The highest BCUT2D eigenvalue weighted by molar-refractivity contribution is 7.98. The number of hydrogen-bond acceptors (Lipinski definition) is 6. The van der Waals surface area contributed by atoms with Gasteiger partial charge in [0.1, 0.15) is 18.3 Å². The fourth-order valence-electron chi connectivity index (χ4n) is 4.56. The van der Waals surface area contributed by atoms with Crippen LogP contribution in [0.25, 0.3) is 0 Å². The number of nitrogens with one attached hydrogen (secondary N) is 1. The number of halogens is 1. The maximum atomic E-state index is 14.3. The van der Waals surface area contributed by atoms with Crippen molar-refractivity contribution in [3.63, 3.8) is 0 Å². The first-order valence-corrected chi connectivity index (χ1v) is 17.4. The topological polar surface area (TPSA) is 96.0 Å². The summed E-state index contributed by atoms with van der Waals surface area (Å²) in [6.07, 6.45) is 3.94. The molecule has 0 bridgehead atoms. The van der Waals surface area contributed by atoms with Gasteiger partial charge in [-0.2, -0.15) is 0 Å². The van der Waals surface area contributed by atoms with Crippen molar-refractivity contribution in [1.29, 1.82) is 0 Å². The highest BCUT2D eigenvalue weighted by Crippen LogP contribution is 2.33. The van der Waals surface area contributed by atoms with Crippen molar-refractivity contribution in [1.82, 2.24) is 10.2 Å². The van der Waals surface area contributed by atoms with E-state index in [2.05, 4.69) is 5.32 Å². The molecule has 3 aromatic rings. The summed E-state index contributed by atoms with van der Waals surface area (Å²) in [6.45, 7) is 5.91. The SMILES string of the molecule is CCCCNC(=O)C(CC)N(Cc1ccccc1Cl)C(=O)CN(c1ccccc1OCC)S(=O)(=O)c1ccc(SC)cc1. The van der Waals surface area contributed by atoms with Gasteiger partial charge in [-0.3, -0.25) is 13.9 Å². The van der Waals surface area contributed by atoms with E-state index in [0.717, 1.165) is 22.0 Å². The molecular formula is C32H40ClN3O5S2. The molecule has 0 aliphatic carbocycles. The number of carbonyl (C=O) groups excluding carboxylic acids is 2. The van der Waals surface area contributed by atoms with Crippen molar-refractivity contribution in [3.8, 4) is 5.75 Å². The van der Waals surface area contributed by atoms with Crippen molar-refractivity contribution in [2.45, 2.75) is 62.4 Å². The van der Waals surface area contributed by atoms with E-state index in [4.69, 9.17) is 16.3 Å². The molecule has 0 saturated carbocycles. The number of rotatable bonds is 16. The van der Waals surface area contributed by atoms with Crippen molar-refractivity contribution < 1.29 is 22.7 Å². The van der Waals surface area contributed by atoms with Gasteiger partial charge in [-0.05, 0) is 74.0 Å². The molecule has 8 nitrogen and oxygen atoms in total. The summed E-state index contributed by atoms with van der Waals surface area (Å²) in [5, 5.41) is 3.37. The summed E-state index contributed by atoms with van der Waals surface area (Å²) in [5.41, 5.74) is 0.874. The number of anilines is 1. The quantitative estimate of drug-likeness (QED) is 0.143. The Labute approximate surface area is 264 Å². The van der Waals surface area contributed by atoms with Gasteiger partial charge in [0.25, 0.3) is 10.0 Å². The molecule has 0 saturated heterocycles. The Morgan fingerprint density at radius 3 is 2.28 bits per heavy atom. The van der Waals surface area contributed by atoms with Gasteiger partial charge in [0.05, 0.1) is 17.2 Å². The van der Waals surface area contributed by atoms with E-state index in [0.29, 0.717) is 35.9 Å². The van der Waals surface area contributed by atoms with Crippen molar-refractivity contribution in [3.05, 3.63) is 83.4 Å². The van der Waals surface area contributed by atoms with Gasteiger partial charge < -0.3 is 15.0 Å². The smallest absolute Gasteiger partial charge is 0.264 e. The number of thioether (sulfide) groups is 1. The van der Waals surface area contributed by atoms with Crippen molar-refractivity contribution in [2.24, 2.45) is 0 Å². The molecule has 43 heavy (non-hydrogen) atoms. The van der Waals surface area contributed by atoms with Crippen LogP contribution in [0.5, 0.6) is 5.75 Å². The maximum absolute atomic E-state index is 14.3. The van der Waals surface area contributed by atoms with Gasteiger partial charge in [-0.15, -0.1) is 11.8 Å². The van der Waals surface area contributed by atoms with Crippen LogP contribution in [0, 0.1) is 0 Å². The zero-order chi connectivity index (χ0) is 31.4. The largest absolute Gasteiger partial charge is 0.492 e. The molecule has 0 fully saturated rings. The average molecular weight is 646 g/mol. The van der Waals surface area contributed by atoms with Crippen molar-refractivity contribution >= 4 is 50.9 Å². The normalized spacial score (nSPS) is 11.9. The molecule has 0 aliphatic heterocycles. The maximum Gasteiger partial charge on any atom is 0.264 e. The van der Waals surface area contributed by atoms with Gasteiger partial charge >= 0.3 is 0 Å². The van der Waals surface area contributed by atoms with Gasteiger partial charge in [-0.1, -0.05) is 62.2 Å². The number of amides is 2. The molecule has 1 N–H and O–H groups in total. The highest BCUT2D eigenvalue weighted by atomic mass is 35.5. The fraction of sp³-hybridized carbons (Fsp3) is 0.375. The third-order valence-electron chi connectivity index (χ3n) is 6.87. The lowest BCUT2D eigenvalue weighted by molar-refractivity contribution is -0.140. The van der Waals surface area contributed by atoms with Crippen LogP contribution in [0.4, 0.5) is 5.69 Å². The second kappa shape index (κ2) is 16.6. The Balaban J connectivity index is 2.10. The van der Waals surface area contributed by atoms with E-state index in [1.54, 1.807) is 67.6 Å². The minimum Gasteiger partial charge on any atom is -0.492 e. The average Bonchev–Trinajstić information content (AvgIpc) is 3.01. The van der Waals surface area contributed by atoms with E-state index >= 15 is 0 Å². The summed E-state index contributed by atoms with van der Waals surface area (Å²) in [7, 11) is -4.23. The Bertz CT molecular complexity index is 1470. The van der Waals surface area contributed by atoms with Gasteiger partial charge in [0.2, 0.25) is 11.8 Å². The van der Waals surface area contributed by atoms with Crippen LogP contribution < -0.4 is 14.4 Å². The summed E-state index contributed by atoms with van der Waals surface area (Å²) in [6, 6.07) is 19.5. The zero-order valence-corrected chi connectivity index (χ0v) is 27.5. The van der Waals surface area contributed by atoms with Gasteiger partial charge in [0.15, 0.2) is 0 Å². The molecule has 3 aromatic carbocycles. The molecule has 0 aromatic heterocycles. The molecular weight excluding hydrogens is 606 g/mol. The molecule has 2 amide bonds. The van der Waals surface area contributed by atoms with Crippen LogP contribution in [0.15, 0.2) is 82.6 Å².